The molecule has 0 amide bonds. The van der Waals surface area contributed by atoms with Gasteiger partial charge in [-0.25, -0.2) is 4.39 Å². The van der Waals surface area contributed by atoms with Crippen LogP contribution in [0, 0.1) is 12.7 Å². The summed E-state index contributed by atoms with van der Waals surface area (Å²) in [6.45, 7) is 2.04. The second kappa shape index (κ2) is 5.33. The molecule has 0 spiro atoms. The summed E-state index contributed by atoms with van der Waals surface area (Å²) in [7, 11) is 0. The van der Waals surface area contributed by atoms with Crippen molar-refractivity contribution in [3.8, 4) is 0 Å². The summed E-state index contributed by atoms with van der Waals surface area (Å²) < 4.78 is 13.5. The van der Waals surface area contributed by atoms with E-state index in [1.165, 1.54) is 11.6 Å². The molecule has 1 unspecified atom stereocenters. The third-order valence-electron chi connectivity index (χ3n) is 2.74. The van der Waals surface area contributed by atoms with E-state index in [4.69, 9.17) is 11.6 Å². The summed E-state index contributed by atoms with van der Waals surface area (Å²) in [5.74, 6) is -0.236. The molecule has 2 rings (SSSR count). The lowest BCUT2D eigenvalue weighted by molar-refractivity contribution is 0.606. The van der Waals surface area contributed by atoms with Gasteiger partial charge in [-0.3, -0.25) is 0 Å². The van der Waals surface area contributed by atoms with Crippen LogP contribution in [0.5, 0.6) is 0 Å². The Morgan fingerprint density at radius 2 is 1.88 bits per heavy atom. The van der Waals surface area contributed by atoms with E-state index in [0.29, 0.717) is 12.0 Å². The fourth-order valence-corrected chi connectivity index (χ4v) is 2.24. The van der Waals surface area contributed by atoms with Crippen LogP contribution in [-0.4, -0.2) is 0 Å². The van der Waals surface area contributed by atoms with E-state index < -0.39 is 0 Å². The average molecular weight is 249 g/mol. The van der Waals surface area contributed by atoms with Crippen LogP contribution in [-0.2, 0) is 6.42 Å². The lowest BCUT2D eigenvalue weighted by Gasteiger charge is -2.11. The first-order valence-corrected chi connectivity index (χ1v) is 6.04. The van der Waals surface area contributed by atoms with Gasteiger partial charge in [-0.05, 0) is 25.0 Å². The van der Waals surface area contributed by atoms with Crippen LogP contribution in [0.2, 0.25) is 0 Å². The first kappa shape index (κ1) is 12.1. The molecule has 2 heteroatoms. The number of benzene rings is 2. The zero-order valence-electron chi connectivity index (χ0n) is 9.66. The highest BCUT2D eigenvalue weighted by atomic mass is 35.5. The van der Waals surface area contributed by atoms with Crippen LogP contribution >= 0.6 is 11.6 Å². The molecule has 2 aromatic carbocycles. The van der Waals surface area contributed by atoms with Crippen LogP contribution in [0.3, 0.4) is 0 Å². The Hall–Kier alpha value is -1.34. The molecular formula is C15H14ClF. The van der Waals surface area contributed by atoms with Gasteiger partial charge in [-0.2, -0.15) is 0 Å². The predicted molar refractivity (Wildman–Crippen MR) is 69.9 cm³/mol. The molecule has 0 aliphatic carbocycles. The van der Waals surface area contributed by atoms with E-state index >= 15 is 0 Å². The number of rotatable bonds is 3. The van der Waals surface area contributed by atoms with Crippen LogP contribution < -0.4 is 0 Å². The van der Waals surface area contributed by atoms with Gasteiger partial charge in [-0.15, -0.1) is 11.6 Å². The lowest BCUT2D eigenvalue weighted by atomic mass is 10.0. The topological polar surface area (TPSA) is 0 Å². The third kappa shape index (κ3) is 3.07. The fraction of sp³-hybridized carbons (Fsp3) is 0.200. The molecule has 0 N–H and O–H groups in total. The van der Waals surface area contributed by atoms with Crippen molar-refractivity contribution in [2.45, 2.75) is 18.7 Å². The molecular weight excluding hydrogens is 235 g/mol. The second-order valence-corrected chi connectivity index (χ2v) is 4.71. The summed E-state index contributed by atoms with van der Waals surface area (Å²) in [5, 5.41) is -0.321. The SMILES string of the molecule is Cc1cccc(CC(Cl)c2ccccc2F)c1. The Morgan fingerprint density at radius 1 is 1.12 bits per heavy atom. The Balaban J connectivity index is 2.17. The summed E-state index contributed by atoms with van der Waals surface area (Å²) >= 11 is 6.26. The van der Waals surface area contributed by atoms with Crippen molar-refractivity contribution in [3.63, 3.8) is 0 Å². The van der Waals surface area contributed by atoms with Crippen LogP contribution in [0.1, 0.15) is 22.1 Å². The molecule has 0 saturated carbocycles. The van der Waals surface area contributed by atoms with Crippen LogP contribution in [0.4, 0.5) is 4.39 Å². The second-order valence-electron chi connectivity index (χ2n) is 4.18. The molecule has 0 aromatic heterocycles. The summed E-state index contributed by atoms with van der Waals surface area (Å²) in [6, 6.07) is 14.8. The average Bonchev–Trinajstić information content (AvgIpc) is 2.29. The van der Waals surface area contributed by atoms with Gasteiger partial charge in [0.2, 0.25) is 0 Å². The molecule has 0 saturated heterocycles. The Kier molecular flexibility index (Phi) is 3.80. The zero-order chi connectivity index (χ0) is 12.3. The minimum absolute atomic E-state index is 0.236. The van der Waals surface area contributed by atoms with Crippen LogP contribution in [0.25, 0.3) is 0 Å². The van der Waals surface area contributed by atoms with Gasteiger partial charge in [0, 0.05) is 5.56 Å². The van der Waals surface area contributed by atoms with E-state index in [1.54, 1.807) is 12.1 Å². The highest BCUT2D eigenvalue weighted by molar-refractivity contribution is 6.20. The first-order chi connectivity index (χ1) is 8.16. The van der Waals surface area contributed by atoms with Crippen molar-refractivity contribution < 1.29 is 4.39 Å². The van der Waals surface area contributed by atoms with Gasteiger partial charge >= 0.3 is 0 Å². The molecule has 0 fully saturated rings. The van der Waals surface area contributed by atoms with E-state index in [0.717, 1.165) is 5.56 Å². The summed E-state index contributed by atoms with van der Waals surface area (Å²) in [5.41, 5.74) is 2.89. The normalized spacial score (nSPS) is 12.4. The smallest absolute Gasteiger partial charge is 0.127 e. The molecule has 0 radical (unpaired) electrons. The molecule has 17 heavy (non-hydrogen) atoms. The van der Waals surface area contributed by atoms with Gasteiger partial charge in [0.25, 0.3) is 0 Å². The largest absolute Gasteiger partial charge is 0.207 e. The number of alkyl halides is 1. The summed E-state index contributed by atoms with van der Waals surface area (Å²) in [4.78, 5) is 0. The molecule has 0 nitrogen and oxygen atoms in total. The maximum Gasteiger partial charge on any atom is 0.127 e. The predicted octanol–water partition coefficient (Wildman–Crippen LogP) is 4.66. The number of aryl methyl sites for hydroxylation is 1. The fourth-order valence-electron chi connectivity index (χ4n) is 1.89. The Bertz CT molecular complexity index is 508. The molecule has 88 valence electrons. The highest BCUT2D eigenvalue weighted by Crippen LogP contribution is 2.27. The highest BCUT2D eigenvalue weighted by Gasteiger charge is 2.12. The van der Waals surface area contributed by atoms with Crippen molar-refractivity contribution in [2.75, 3.05) is 0 Å². The standard InChI is InChI=1S/C15H14ClF/c1-11-5-4-6-12(9-11)10-14(16)13-7-2-3-8-15(13)17/h2-9,14H,10H2,1H3. The van der Waals surface area contributed by atoms with Crippen molar-refractivity contribution in [1.82, 2.24) is 0 Å². The zero-order valence-corrected chi connectivity index (χ0v) is 10.4. The number of hydrogen-bond acceptors (Lipinski definition) is 0. The molecule has 0 bridgehead atoms. The van der Waals surface area contributed by atoms with Gasteiger partial charge in [0.15, 0.2) is 0 Å². The van der Waals surface area contributed by atoms with Crippen molar-refractivity contribution in [1.29, 1.82) is 0 Å². The van der Waals surface area contributed by atoms with Gasteiger partial charge < -0.3 is 0 Å². The number of hydrogen-bond donors (Lipinski definition) is 0. The maximum atomic E-state index is 13.5. The van der Waals surface area contributed by atoms with Crippen molar-refractivity contribution >= 4 is 11.6 Å². The minimum Gasteiger partial charge on any atom is -0.207 e. The van der Waals surface area contributed by atoms with E-state index in [1.807, 2.05) is 31.2 Å². The van der Waals surface area contributed by atoms with E-state index in [2.05, 4.69) is 6.07 Å². The van der Waals surface area contributed by atoms with E-state index in [9.17, 15) is 4.39 Å². The Morgan fingerprint density at radius 3 is 2.59 bits per heavy atom. The minimum atomic E-state index is -0.321. The molecule has 0 heterocycles. The molecule has 0 aliphatic rings. The van der Waals surface area contributed by atoms with Crippen molar-refractivity contribution in [3.05, 3.63) is 71.0 Å². The molecule has 2 aromatic rings. The third-order valence-corrected chi connectivity index (χ3v) is 3.13. The van der Waals surface area contributed by atoms with Crippen molar-refractivity contribution in [2.24, 2.45) is 0 Å². The maximum absolute atomic E-state index is 13.5. The monoisotopic (exact) mass is 248 g/mol. The first-order valence-electron chi connectivity index (χ1n) is 5.61. The van der Waals surface area contributed by atoms with Gasteiger partial charge in [-0.1, -0.05) is 48.0 Å². The van der Waals surface area contributed by atoms with Crippen LogP contribution in [0.15, 0.2) is 48.5 Å². The van der Waals surface area contributed by atoms with Gasteiger partial charge in [0.05, 0.1) is 5.38 Å². The number of halogens is 2. The molecule has 0 aliphatic heterocycles. The molecule has 1 atom stereocenters. The van der Waals surface area contributed by atoms with E-state index in [-0.39, 0.29) is 11.2 Å². The Labute approximate surface area is 106 Å². The lowest BCUT2D eigenvalue weighted by Crippen LogP contribution is -1.99. The quantitative estimate of drug-likeness (QED) is 0.694. The van der Waals surface area contributed by atoms with Gasteiger partial charge in [0.1, 0.15) is 5.82 Å². The summed E-state index contributed by atoms with van der Waals surface area (Å²) in [6.07, 6.45) is 0.643.